The third-order valence-electron chi connectivity index (χ3n) is 4.20. The minimum Gasteiger partial charge on any atom is -0.391 e. The summed E-state index contributed by atoms with van der Waals surface area (Å²) in [6.07, 6.45) is 1.28. The zero-order valence-corrected chi connectivity index (χ0v) is 12.8. The van der Waals surface area contributed by atoms with Crippen LogP contribution in [0.5, 0.6) is 0 Å². The van der Waals surface area contributed by atoms with Crippen molar-refractivity contribution in [3.63, 3.8) is 0 Å². The summed E-state index contributed by atoms with van der Waals surface area (Å²) in [5, 5.41) is 17.5. The summed E-state index contributed by atoms with van der Waals surface area (Å²) >= 11 is 0. The van der Waals surface area contributed by atoms with Crippen molar-refractivity contribution in [2.45, 2.75) is 18.6 Å². The molecule has 1 aliphatic heterocycles. The van der Waals surface area contributed by atoms with Gasteiger partial charge >= 0.3 is 0 Å². The van der Waals surface area contributed by atoms with E-state index < -0.39 is 18.1 Å². The number of rotatable bonds is 3. The predicted molar refractivity (Wildman–Crippen MR) is 88.1 cm³/mol. The number of aliphatic hydroxyl groups excluding tert-OH is 1. The fraction of sp³-hybridized carbons (Fsp3) is 0.250. The van der Waals surface area contributed by atoms with Crippen molar-refractivity contribution >= 4 is 22.8 Å². The molecule has 4 N–H and O–H groups in total. The smallest absolute Gasteiger partial charge is 0.240 e. The predicted octanol–water partition coefficient (Wildman–Crippen LogP) is 0.445. The highest BCUT2D eigenvalue weighted by Gasteiger charge is 2.37. The number of carbonyl (C=O) groups is 1. The molecule has 1 aliphatic rings. The van der Waals surface area contributed by atoms with Crippen LogP contribution in [0.4, 0.5) is 5.82 Å². The lowest BCUT2D eigenvalue weighted by Gasteiger charge is -2.23. The van der Waals surface area contributed by atoms with E-state index in [4.69, 9.17) is 5.73 Å². The maximum atomic E-state index is 11.8. The Morgan fingerprint density at radius 2 is 2.08 bits per heavy atom. The molecule has 0 bridgehead atoms. The van der Waals surface area contributed by atoms with E-state index >= 15 is 0 Å². The molecule has 1 saturated heterocycles. The van der Waals surface area contributed by atoms with Gasteiger partial charge in [-0.25, -0.2) is 9.97 Å². The second-order valence-corrected chi connectivity index (χ2v) is 5.83. The van der Waals surface area contributed by atoms with E-state index in [9.17, 15) is 9.90 Å². The maximum absolute atomic E-state index is 11.8. The third kappa shape index (κ3) is 2.37. The summed E-state index contributed by atoms with van der Waals surface area (Å²) in [6.45, 7) is 0.291. The van der Waals surface area contributed by atoms with Gasteiger partial charge in [-0.2, -0.15) is 5.10 Å². The molecule has 4 rings (SSSR count). The van der Waals surface area contributed by atoms with E-state index in [-0.39, 0.29) is 0 Å². The van der Waals surface area contributed by atoms with Gasteiger partial charge in [0.2, 0.25) is 5.91 Å². The Labute approximate surface area is 137 Å². The number of primary amides is 1. The molecule has 122 valence electrons. The second kappa shape index (κ2) is 5.57. The highest BCUT2D eigenvalue weighted by Crippen LogP contribution is 2.31. The molecule has 3 aromatic rings. The molecule has 8 heteroatoms. The standard InChI is InChI=1S/C16H16N6O2/c17-13(24)12-6-10(23)8-22(12)16-11-7-18-21-15(11)19-14(20-16)9-4-2-1-3-5-9/h1-5,7,10,12,23H,6,8H2,(H2,17,24)(H,18,19,20,21)/t10-,12-/m0/s1. The van der Waals surface area contributed by atoms with E-state index in [0.29, 0.717) is 35.6 Å². The Bertz CT molecular complexity index is 894. The van der Waals surface area contributed by atoms with Crippen LogP contribution < -0.4 is 10.6 Å². The van der Waals surface area contributed by atoms with Crippen LogP contribution in [0.2, 0.25) is 0 Å². The van der Waals surface area contributed by atoms with Crippen molar-refractivity contribution in [2.24, 2.45) is 5.73 Å². The highest BCUT2D eigenvalue weighted by molar-refractivity contribution is 5.92. The van der Waals surface area contributed by atoms with Gasteiger partial charge < -0.3 is 15.7 Å². The van der Waals surface area contributed by atoms with Crippen LogP contribution in [-0.4, -0.2) is 49.9 Å². The van der Waals surface area contributed by atoms with Crippen LogP contribution in [0.15, 0.2) is 36.5 Å². The quantitative estimate of drug-likeness (QED) is 0.643. The van der Waals surface area contributed by atoms with Gasteiger partial charge in [-0.1, -0.05) is 30.3 Å². The van der Waals surface area contributed by atoms with Crippen LogP contribution >= 0.6 is 0 Å². The van der Waals surface area contributed by atoms with E-state index in [1.165, 1.54) is 0 Å². The summed E-state index contributed by atoms with van der Waals surface area (Å²) in [7, 11) is 0. The second-order valence-electron chi connectivity index (χ2n) is 5.83. The average Bonchev–Trinajstić information content (AvgIpc) is 3.21. The van der Waals surface area contributed by atoms with Crippen LogP contribution in [0.25, 0.3) is 22.4 Å². The Hall–Kier alpha value is -3.00. The van der Waals surface area contributed by atoms with Crippen LogP contribution in [-0.2, 0) is 4.79 Å². The molecule has 0 aliphatic carbocycles. The van der Waals surface area contributed by atoms with Gasteiger partial charge in [0.25, 0.3) is 0 Å². The number of nitrogens with two attached hydrogens (primary N) is 1. The van der Waals surface area contributed by atoms with Crippen molar-refractivity contribution in [2.75, 3.05) is 11.4 Å². The molecule has 8 nitrogen and oxygen atoms in total. The molecular formula is C16H16N6O2. The van der Waals surface area contributed by atoms with Crippen molar-refractivity contribution in [3.05, 3.63) is 36.5 Å². The molecule has 1 fully saturated rings. The number of carbonyl (C=O) groups excluding carboxylic acids is 1. The van der Waals surface area contributed by atoms with E-state index in [1.54, 1.807) is 11.1 Å². The Kier molecular flexibility index (Phi) is 3.39. The van der Waals surface area contributed by atoms with Gasteiger partial charge in [-0.3, -0.25) is 9.89 Å². The first-order valence-corrected chi connectivity index (χ1v) is 7.64. The minimum atomic E-state index is -0.625. The molecule has 1 amide bonds. The molecule has 2 atom stereocenters. The average molecular weight is 324 g/mol. The number of nitrogens with zero attached hydrogens (tertiary/aromatic N) is 4. The molecular weight excluding hydrogens is 308 g/mol. The molecule has 0 radical (unpaired) electrons. The number of amides is 1. The van der Waals surface area contributed by atoms with Crippen LogP contribution in [0.1, 0.15) is 6.42 Å². The van der Waals surface area contributed by atoms with Gasteiger partial charge in [0.1, 0.15) is 11.9 Å². The van der Waals surface area contributed by atoms with Gasteiger partial charge in [0.15, 0.2) is 11.5 Å². The van der Waals surface area contributed by atoms with Gasteiger partial charge in [-0.15, -0.1) is 0 Å². The third-order valence-corrected chi connectivity index (χ3v) is 4.20. The molecule has 0 unspecified atom stereocenters. The first-order chi connectivity index (χ1) is 11.6. The van der Waals surface area contributed by atoms with Crippen molar-refractivity contribution in [3.8, 4) is 11.4 Å². The number of hydrogen-bond donors (Lipinski definition) is 3. The van der Waals surface area contributed by atoms with Crippen LogP contribution in [0.3, 0.4) is 0 Å². The number of benzene rings is 1. The van der Waals surface area contributed by atoms with Gasteiger partial charge in [0, 0.05) is 18.5 Å². The number of aromatic amines is 1. The van der Waals surface area contributed by atoms with E-state index in [2.05, 4.69) is 20.2 Å². The summed E-state index contributed by atoms with van der Waals surface area (Å²) < 4.78 is 0. The zero-order valence-electron chi connectivity index (χ0n) is 12.8. The van der Waals surface area contributed by atoms with E-state index in [0.717, 1.165) is 5.56 Å². The van der Waals surface area contributed by atoms with Crippen molar-refractivity contribution in [1.29, 1.82) is 0 Å². The van der Waals surface area contributed by atoms with Gasteiger partial charge in [0.05, 0.1) is 17.7 Å². The molecule has 24 heavy (non-hydrogen) atoms. The number of anilines is 1. The molecule has 0 spiro atoms. The minimum absolute atomic E-state index is 0.291. The Morgan fingerprint density at radius 3 is 2.83 bits per heavy atom. The summed E-state index contributed by atoms with van der Waals surface area (Å²) in [5.74, 6) is 0.586. The lowest BCUT2D eigenvalue weighted by molar-refractivity contribution is -0.119. The number of hydrogen-bond acceptors (Lipinski definition) is 6. The number of aliphatic hydroxyl groups is 1. The lowest BCUT2D eigenvalue weighted by atomic mass is 10.2. The molecule has 0 saturated carbocycles. The lowest BCUT2D eigenvalue weighted by Crippen LogP contribution is -2.40. The number of H-pyrrole nitrogens is 1. The van der Waals surface area contributed by atoms with E-state index in [1.807, 2.05) is 30.3 Å². The van der Waals surface area contributed by atoms with Crippen molar-refractivity contribution < 1.29 is 9.90 Å². The number of fused-ring (bicyclic) bond motifs is 1. The topological polar surface area (TPSA) is 121 Å². The summed E-state index contributed by atoms with van der Waals surface area (Å²) in [6, 6.07) is 8.94. The first kappa shape index (κ1) is 14.6. The Morgan fingerprint density at radius 1 is 1.29 bits per heavy atom. The summed E-state index contributed by atoms with van der Waals surface area (Å²) in [4.78, 5) is 22.6. The number of β-amino-alcohol motifs (C(OH)–C–C–N with tert-alkyl or cyclic N) is 1. The molecule has 1 aromatic carbocycles. The zero-order chi connectivity index (χ0) is 16.7. The first-order valence-electron chi connectivity index (χ1n) is 7.64. The van der Waals surface area contributed by atoms with Crippen LogP contribution in [0, 0.1) is 0 Å². The number of aromatic nitrogens is 4. The summed E-state index contributed by atoms with van der Waals surface area (Å²) in [5.41, 5.74) is 6.92. The normalized spacial score (nSPS) is 20.6. The van der Waals surface area contributed by atoms with Gasteiger partial charge in [-0.05, 0) is 0 Å². The number of nitrogens with one attached hydrogen (secondary N) is 1. The monoisotopic (exact) mass is 324 g/mol. The fourth-order valence-electron chi connectivity index (χ4n) is 3.07. The SMILES string of the molecule is NC(=O)[C@@H]1C[C@H](O)CN1c1nc(-c2ccccc2)nc2[nH]ncc12. The Balaban J connectivity index is 1.88. The fourth-order valence-corrected chi connectivity index (χ4v) is 3.07. The largest absolute Gasteiger partial charge is 0.391 e. The maximum Gasteiger partial charge on any atom is 0.240 e. The molecule has 2 aromatic heterocycles. The molecule has 3 heterocycles. The van der Waals surface area contributed by atoms with Crippen molar-refractivity contribution in [1.82, 2.24) is 20.2 Å². The highest BCUT2D eigenvalue weighted by atomic mass is 16.3.